The molecule has 3 aromatic carbocycles. The Kier molecular flexibility index (Phi) is 7.22. The van der Waals surface area contributed by atoms with E-state index in [0.29, 0.717) is 6.61 Å². The van der Waals surface area contributed by atoms with Crippen molar-refractivity contribution in [2.45, 2.75) is 45.3 Å². The van der Waals surface area contributed by atoms with Crippen molar-refractivity contribution in [3.05, 3.63) is 88.5 Å². The summed E-state index contributed by atoms with van der Waals surface area (Å²) in [5.74, 6) is 0.331. The number of hydrogen-bond acceptors (Lipinski definition) is 6. The van der Waals surface area contributed by atoms with Gasteiger partial charge in [-0.15, -0.1) is 5.10 Å². The van der Waals surface area contributed by atoms with Crippen LogP contribution in [0.4, 0.5) is 0 Å². The number of rotatable bonds is 8. The van der Waals surface area contributed by atoms with Gasteiger partial charge in [-0.25, -0.2) is 0 Å². The number of methoxy groups -OCH3 is 2. The van der Waals surface area contributed by atoms with Crippen molar-refractivity contribution < 1.29 is 19.0 Å². The fourth-order valence-electron chi connectivity index (χ4n) is 5.35. The van der Waals surface area contributed by atoms with Gasteiger partial charge in [0, 0.05) is 5.92 Å². The number of aromatic nitrogens is 3. The van der Waals surface area contributed by atoms with Crippen molar-refractivity contribution in [3.8, 4) is 5.75 Å². The first-order valence-electron chi connectivity index (χ1n) is 12.3. The molecule has 192 valence electrons. The highest BCUT2D eigenvalue weighted by Gasteiger charge is 2.41. The summed E-state index contributed by atoms with van der Waals surface area (Å²) < 4.78 is 18.6. The van der Waals surface area contributed by atoms with Crippen LogP contribution in [0.25, 0.3) is 11.0 Å². The Bertz CT molecular complexity index is 1430. The molecule has 5 rings (SSSR count). The second-order valence-electron chi connectivity index (χ2n) is 9.99. The SMILES string of the molecule is COC(=O)C(C)(C)C(c1ccc2c(c1)C(OCc1ccc(OC)cc1)CC2)c1ccc2c(c1)nnn2I. The maximum Gasteiger partial charge on any atom is 0.312 e. The van der Waals surface area contributed by atoms with Crippen molar-refractivity contribution in [2.75, 3.05) is 14.2 Å². The van der Waals surface area contributed by atoms with Gasteiger partial charge in [0.15, 0.2) is 0 Å². The standard InChI is InChI=1S/C29H30IN3O4/c1-29(2,28(34)36-4)27(21-9-13-25-24(16-21)31-32-33(25)30)20-8-7-19-10-14-26(23(19)15-20)37-17-18-5-11-22(35-3)12-6-18/h5-9,11-13,15-16,26-27H,10,14,17H2,1-4H3. The monoisotopic (exact) mass is 611 g/mol. The molecule has 0 radical (unpaired) electrons. The highest BCUT2D eigenvalue weighted by atomic mass is 127. The molecule has 37 heavy (non-hydrogen) atoms. The molecule has 2 unspecified atom stereocenters. The summed E-state index contributed by atoms with van der Waals surface area (Å²) in [7, 11) is 3.11. The van der Waals surface area contributed by atoms with Crippen LogP contribution in [0, 0.1) is 5.41 Å². The molecule has 1 aliphatic carbocycles. The van der Waals surface area contributed by atoms with Crippen LogP contribution in [0.2, 0.25) is 0 Å². The molecule has 7 nitrogen and oxygen atoms in total. The first-order valence-corrected chi connectivity index (χ1v) is 13.3. The molecule has 1 heterocycles. The van der Waals surface area contributed by atoms with Crippen LogP contribution in [-0.2, 0) is 27.3 Å². The van der Waals surface area contributed by atoms with E-state index in [1.165, 1.54) is 18.2 Å². The van der Waals surface area contributed by atoms with Crippen LogP contribution in [-0.4, -0.2) is 33.4 Å². The number of fused-ring (bicyclic) bond motifs is 2. The van der Waals surface area contributed by atoms with E-state index in [2.05, 4.69) is 57.4 Å². The van der Waals surface area contributed by atoms with Crippen LogP contribution < -0.4 is 4.74 Å². The lowest BCUT2D eigenvalue weighted by Gasteiger charge is -2.33. The predicted octanol–water partition coefficient (Wildman–Crippen LogP) is 6.17. The van der Waals surface area contributed by atoms with Gasteiger partial charge in [-0.1, -0.05) is 41.6 Å². The average molecular weight is 611 g/mol. The van der Waals surface area contributed by atoms with Gasteiger partial charge in [-0.05, 0) is 78.8 Å². The van der Waals surface area contributed by atoms with E-state index in [0.717, 1.165) is 46.3 Å². The van der Waals surface area contributed by atoms with Crippen molar-refractivity contribution in [1.29, 1.82) is 0 Å². The van der Waals surface area contributed by atoms with Crippen molar-refractivity contribution in [3.63, 3.8) is 0 Å². The maximum absolute atomic E-state index is 13.0. The Morgan fingerprint density at radius 2 is 1.81 bits per heavy atom. The normalized spacial score (nSPS) is 16.0. The molecule has 2 atom stereocenters. The fourth-order valence-corrected chi connectivity index (χ4v) is 5.86. The highest BCUT2D eigenvalue weighted by molar-refractivity contribution is 14.1. The summed E-state index contributed by atoms with van der Waals surface area (Å²) in [6.45, 7) is 4.40. The number of nitrogens with zero attached hydrogens (tertiary/aromatic N) is 3. The molecular weight excluding hydrogens is 581 g/mol. The van der Waals surface area contributed by atoms with E-state index in [1.807, 2.05) is 50.2 Å². The van der Waals surface area contributed by atoms with Crippen LogP contribution in [0.3, 0.4) is 0 Å². The zero-order valence-electron chi connectivity index (χ0n) is 21.4. The third-order valence-corrected chi connectivity index (χ3v) is 8.04. The molecule has 0 N–H and O–H groups in total. The van der Waals surface area contributed by atoms with E-state index >= 15 is 0 Å². The molecular formula is C29H30IN3O4. The average Bonchev–Trinajstić information content (AvgIpc) is 3.49. The van der Waals surface area contributed by atoms with Crippen LogP contribution >= 0.6 is 22.9 Å². The molecule has 0 amide bonds. The molecule has 0 saturated carbocycles. The van der Waals surface area contributed by atoms with Gasteiger partial charge in [0.05, 0.1) is 55.2 Å². The number of ether oxygens (including phenoxy) is 3. The van der Waals surface area contributed by atoms with Crippen LogP contribution in [0.15, 0.2) is 60.7 Å². The zero-order chi connectivity index (χ0) is 26.2. The molecule has 1 aliphatic rings. The third-order valence-electron chi connectivity index (χ3n) is 7.33. The smallest absolute Gasteiger partial charge is 0.312 e. The van der Waals surface area contributed by atoms with Gasteiger partial charge in [0.2, 0.25) is 0 Å². The second-order valence-corrected chi connectivity index (χ2v) is 10.9. The Morgan fingerprint density at radius 3 is 2.54 bits per heavy atom. The van der Waals surface area contributed by atoms with Crippen molar-refractivity contribution >= 4 is 39.9 Å². The highest BCUT2D eigenvalue weighted by Crippen LogP contribution is 2.45. The Balaban J connectivity index is 1.49. The first-order chi connectivity index (χ1) is 17.8. The second kappa shape index (κ2) is 10.4. The van der Waals surface area contributed by atoms with Crippen molar-refractivity contribution in [2.24, 2.45) is 5.41 Å². The van der Waals surface area contributed by atoms with E-state index in [9.17, 15) is 4.79 Å². The predicted molar refractivity (Wildman–Crippen MR) is 150 cm³/mol. The van der Waals surface area contributed by atoms with E-state index < -0.39 is 5.41 Å². The third kappa shape index (κ3) is 4.96. The summed E-state index contributed by atoms with van der Waals surface area (Å²) in [6, 6.07) is 20.6. The number of benzene rings is 3. The van der Waals surface area contributed by atoms with Gasteiger partial charge < -0.3 is 14.2 Å². The lowest BCUT2D eigenvalue weighted by Crippen LogP contribution is -2.33. The van der Waals surface area contributed by atoms with Crippen molar-refractivity contribution in [1.82, 2.24) is 13.2 Å². The van der Waals surface area contributed by atoms with E-state index in [4.69, 9.17) is 14.2 Å². The summed E-state index contributed by atoms with van der Waals surface area (Å²) in [4.78, 5) is 13.0. The fraction of sp³-hybridized carbons (Fsp3) is 0.345. The number of aryl methyl sites for hydroxylation is 1. The van der Waals surface area contributed by atoms with Gasteiger partial charge in [0.25, 0.3) is 0 Å². The number of halogens is 1. The van der Waals surface area contributed by atoms with Gasteiger partial charge >= 0.3 is 5.97 Å². The lowest BCUT2D eigenvalue weighted by molar-refractivity contribution is -0.151. The Labute approximate surface area is 230 Å². The Hall–Kier alpha value is -2.98. The number of carbonyl (C=O) groups excluding carboxylic acids is 1. The van der Waals surface area contributed by atoms with E-state index in [1.54, 1.807) is 10.0 Å². The number of hydrogen-bond donors (Lipinski definition) is 0. The summed E-state index contributed by atoms with van der Waals surface area (Å²) in [5, 5.41) is 8.43. The maximum atomic E-state index is 13.0. The zero-order valence-corrected chi connectivity index (χ0v) is 23.6. The molecule has 0 aliphatic heterocycles. The molecule has 0 fully saturated rings. The minimum Gasteiger partial charge on any atom is -0.497 e. The molecule has 4 aromatic rings. The molecule has 0 spiro atoms. The summed E-state index contributed by atoms with van der Waals surface area (Å²) in [5.41, 5.74) is 6.54. The summed E-state index contributed by atoms with van der Waals surface area (Å²) in [6.07, 6.45) is 1.91. The first kappa shape index (κ1) is 25.7. The quantitative estimate of drug-likeness (QED) is 0.175. The lowest BCUT2D eigenvalue weighted by atomic mass is 9.70. The van der Waals surface area contributed by atoms with E-state index in [-0.39, 0.29) is 18.0 Å². The summed E-state index contributed by atoms with van der Waals surface area (Å²) >= 11 is 2.11. The number of carbonyl (C=O) groups is 1. The minimum atomic E-state index is -0.810. The van der Waals surface area contributed by atoms with Gasteiger partial charge in [-0.3, -0.25) is 4.79 Å². The number of esters is 1. The molecule has 8 heteroatoms. The molecule has 0 bridgehead atoms. The van der Waals surface area contributed by atoms with Gasteiger partial charge in [-0.2, -0.15) is 2.90 Å². The Morgan fingerprint density at radius 1 is 1.08 bits per heavy atom. The molecule has 0 saturated heterocycles. The van der Waals surface area contributed by atoms with Crippen LogP contribution in [0.1, 0.15) is 60.1 Å². The topological polar surface area (TPSA) is 75.5 Å². The molecule has 1 aromatic heterocycles. The largest absolute Gasteiger partial charge is 0.497 e. The van der Waals surface area contributed by atoms with Gasteiger partial charge in [0.1, 0.15) is 16.8 Å². The van der Waals surface area contributed by atoms with Crippen LogP contribution in [0.5, 0.6) is 5.75 Å². The minimum absolute atomic E-state index is 0.000315.